The van der Waals surface area contributed by atoms with Crippen LogP contribution in [0.4, 0.5) is 0 Å². The van der Waals surface area contributed by atoms with Gasteiger partial charge in [0.2, 0.25) is 0 Å². The maximum Gasteiger partial charge on any atom is 0.143 e. The molecule has 122 valence electrons. The summed E-state index contributed by atoms with van der Waals surface area (Å²) in [5.74, 6) is 1.45. The number of carbonyl (C=O) groups excluding carboxylic acids is 1. The lowest BCUT2D eigenvalue weighted by Gasteiger charge is -2.04. The van der Waals surface area contributed by atoms with Crippen LogP contribution in [-0.2, 0) is 11.2 Å². The molecular formula is C17H33N3O. The second kappa shape index (κ2) is 12.7. The summed E-state index contributed by atoms with van der Waals surface area (Å²) in [6.07, 6.45) is 17.7. The van der Waals surface area contributed by atoms with Crippen molar-refractivity contribution >= 4 is 5.78 Å². The van der Waals surface area contributed by atoms with Crippen LogP contribution in [0.3, 0.4) is 0 Å². The monoisotopic (exact) mass is 295 g/mol. The van der Waals surface area contributed by atoms with Crippen LogP contribution in [0, 0.1) is 0 Å². The molecule has 1 aromatic heterocycles. The maximum absolute atomic E-state index is 10.8. The number of carbonyl (C=O) groups is 1. The van der Waals surface area contributed by atoms with E-state index in [9.17, 15) is 4.79 Å². The number of H-pyrrole nitrogens is 2. The van der Waals surface area contributed by atoms with E-state index in [4.69, 9.17) is 0 Å². The Labute approximate surface area is 129 Å². The van der Waals surface area contributed by atoms with Crippen molar-refractivity contribution in [3.8, 4) is 0 Å². The summed E-state index contributed by atoms with van der Waals surface area (Å²) in [5, 5.41) is 9.67. The van der Waals surface area contributed by atoms with Gasteiger partial charge in [-0.3, -0.25) is 5.10 Å². The lowest BCUT2D eigenvalue weighted by atomic mass is 10.0. The van der Waals surface area contributed by atoms with Gasteiger partial charge in [-0.25, -0.2) is 5.21 Å². The summed E-state index contributed by atoms with van der Waals surface area (Å²) in [6, 6.07) is 0. The molecule has 2 N–H and O–H groups in total. The molecule has 0 aliphatic carbocycles. The SMILES string of the molecule is CC(=O)CCCCCCCCCCCCCCc1n[nH][nH]1. The van der Waals surface area contributed by atoms with Crippen LogP contribution in [0.1, 0.15) is 96.2 Å². The fourth-order valence-corrected chi connectivity index (χ4v) is 2.69. The van der Waals surface area contributed by atoms with Gasteiger partial charge < -0.3 is 4.79 Å². The van der Waals surface area contributed by atoms with E-state index in [1.54, 1.807) is 6.92 Å². The molecule has 0 saturated heterocycles. The first-order valence-electron chi connectivity index (χ1n) is 8.86. The van der Waals surface area contributed by atoms with Crippen LogP contribution < -0.4 is 0 Å². The zero-order valence-corrected chi connectivity index (χ0v) is 13.8. The minimum Gasteiger partial charge on any atom is -0.300 e. The Balaban J connectivity index is 1.66. The smallest absolute Gasteiger partial charge is 0.143 e. The molecule has 0 unspecified atom stereocenters. The lowest BCUT2D eigenvalue weighted by Crippen LogP contribution is -2.04. The van der Waals surface area contributed by atoms with E-state index < -0.39 is 0 Å². The first-order chi connectivity index (χ1) is 10.3. The summed E-state index contributed by atoms with van der Waals surface area (Å²) in [4.78, 5) is 10.8. The Kier molecular flexibility index (Phi) is 10.8. The third-order valence-corrected chi connectivity index (χ3v) is 4.08. The molecule has 0 bridgehead atoms. The second-order valence-electron chi connectivity index (χ2n) is 6.24. The van der Waals surface area contributed by atoms with Crippen molar-refractivity contribution in [3.05, 3.63) is 5.82 Å². The second-order valence-corrected chi connectivity index (χ2v) is 6.24. The minimum atomic E-state index is 0.337. The highest BCUT2D eigenvalue weighted by Gasteiger charge is 1.97. The van der Waals surface area contributed by atoms with E-state index in [-0.39, 0.29) is 0 Å². The standard InChI is InChI=1S/C17H33N3O/c1-16(21)14-12-10-8-6-4-2-3-5-7-9-11-13-15-17-18-20-19-17/h20H,2-15H2,1H3,(H,18,19). The quantitative estimate of drug-likeness (QED) is 0.450. The molecule has 4 nitrogen and oxygen atoms in total. The summed E-state index contributed by atoms with van der Waals surface area (Å²) < 4.78 is 0. The fourth-order valence-electron chi connectivity index (χ4n) is 2.69. The number of Topliss-reactive ketones (excluding diaryl/α,β-unsaturated/α-hetero) is 1. The molecule has 0 spiro atoms. The number of ketones is 1. The van der Waals surface area contributed by atoms with Crippen molar-refractivity contribution < 1.29 is 4.79 Å². The maximum atomic E-state index is 10.8. The highest BCUT2D eigenvalue weighted by molar-refractivity contribution is 5.75. The zero-order chi connectivity index (χ0) is 15.2. The number of nitrogens with zero attached hydrogens (tertiary/aromatic N) is 1. The van der Waals surface area contributed by atoms with Gasteiger partial charge in [0.25, 0.3) is 0 Å². The molecule has 0 fully saturated rings. The van der Waals surface area contributed by atoms with Gasteiger partial charge >= 0.3 is 0 Å². The molecule has 0 aliphatic rings. The Hall–Kier alpha value is -1.06. The summed E-state index contributed by atoms with van der Waals surface area (Å²) in [7, 11) is 0. The van der Waals surface area contributed by atoms with Gasteiger partial charge in [-0.05, 0) is 19.8 Å². The predicted molar refractivity (Wildman–Crippen MR) is 87.3 cm³/mol. The Morgan fingerprint density at radius 1 is 0.810 bits per heavy atom. The van der Waals surface area contributed by atoms with Crippen molar-refractivity contribution in [2.45, 2.75) is 96.8 Å². The van der Waals surface area contributed by atoms with Crippen molar-refractivity contribution in [3.63, 3.8) is 0 Å². The Bertz CT molecular complexity index is 334. The van der Waals surface area contributed by atoms with E-state index in [0.29, 0.717) is 5.78 Å². The van der Waals surface area contributed by atoms with E-state index in [2.05, 4.69) is 15.4 Å². The number of aryl methyl sites for hydroxylation is 1. The highest BCUT2D eigenvalue weighted by atomic mass is 16.1. The van der Waals surface area contributed by atoms with E-state index >= 15 is 0 Å². The van der Waals surface area contributed by atoms with Gasteiger partial charge in [0.1, 0.15) is 11.6 Å². The molecular weight excluding hydrogens is 262 g/mol. The number of unbranched alkanes of at least 4 members (excludes halogenated alkanes) is 11. The number of hydrogen-bond donors (Lipinski definition) is 2. The number of aromatic amines is 2. The number of nitrogens with one attached hydrogen (secondary N) is 2. The van der Waals surface area contributed by atoms with Gasteiger partial charge in [-0.2, -0.15) is 0 Å². The van der Waals surface area contributed by atoms with Crippen LogP contribution in [-0.4, -0.2) is 21.2 Å². The van der Waals surface area contributed by atoms with Gasteiger partial charge in [0.05, 0.1) is 0 Å². The van der Waals surface area contributed by atoms with E-state index in [1.807, 2.05) is 0 Å². The molecule has 1 aromatic rings. The number of aromatic nitrogens is 3. The van der Waals surface area contributed by atoms with Gasteiger partial charge in [0.15, 0.2) is 0 Å². The van der Waals surface area contributed by atoms with Crippen molar-refractivity contribution in [1.82, 2.24) is 15.4 Å². The number of rotatable bonds is 15. The van der Waals surface area contributed by atoms with Gasteiger partial charge in [-0.15, -0.1) is 5.10 Å². The van der Waals surface area contributed by atoms with Crippen LogP contribution in [0.25, 0.3) is 0 Å². The lowest BCUT2D eigenvalue weighted by molar-refractivity contribution is -0.117. The first kappa shape index (κ1) is 18.0. The molecule has 0 amide bonds. The fraction of sp³-hybridized carbons (Fsp3) is 0.882. The predicted octanol–water partition coefficient (Wildman–Crippen LogP) is 4.94. The molecule has 0 radical (unpaired) electrons. The normalized spacial score (nSPS) is 11.1. The van der Waals surface area contributed by atoms with Crippen molar-refractivity contribution in [2.24, 2.45) is 0 Å². The average Bonchev–Trinajstić information content (AvgIpc) is 2.40. The summed E-state index contributed by atoms with van der Waals surface area (Å²) in [6.45, 7) is 1.69. The average molecular weight is 295 g/mol. The van der Waals surface area contributed by atoms with Crippen molar-refractivity contribution in [2.75, 3.05) is 0 Å². The number of hydrogen-bond acceptors (Lipinski definition) is 2. The molecule has 0 saturated carbocycles. The zero-order valence-electron chi connectivity index (χ0n) is 13.8. The third-order valence-electron chi connectivity index (χ3n) is 4.08. The molecule has 0 aliphatic heterocycles. The Morgan fingerprint density at radius 3 is 1.62 bits per heavy atom. The minimum absolute atomic E-state index is 0.337. The summed E-state index contributed by atoms with van der Waals surface area (Å²) in [5.41, 5.74) is 0. The molecule has 0 aromatic carbocycles. The molecule has 4 heteroatoms. The highest BCUT2D eigenvalue weighted by Crippen LogP contribution is 2.13. The van der Waals surface area contributed by atoms with Crippen LogP contribution in [0.2, 0.25) is 0 Å². The van der Waals surface area contributed by atoms with E-state index in [1.165, 1.54) is 70.6 Å². The Morgan fingerprint density at radius 2 is 1.24 bits per heavy atom. The van der Waals surface area contributed by atoms with E-state index in [0.717, 1.165) is 25.1 Å². The molecule has 21 heavy (non-hydrogen) atoms. The van der Waals surface area contributed by atoms with Gasteiger partial charge in [-0.1, -0.05) is 64.2 Å². The third kappa shape index (κ3) is 11.3. The molecule has 1 heterocycles. The van der Waals surface area contributed by atoms with Crippen LogP contribution in [0.5, 0.6) is 0 Å². The van der Waals surface area contributed by atoms with Crippen LogP contribution in [0.15, 0.2) is 0 Å². The topological polar surface area (TPSA) is 61.5 Å². The first-order valence-corrected chi connectivity index (χ1v) is 8.86. The molecule has 0 atom stereocenters. The van der Waals surface area contributed by atoms with Crippen LogP contribution >= 0.6 is 0 Å². The van der Waals surface area contributed by atoms with Crippen molar-refractivity contribution in [1.29, 1.82) is 0 Å². The largest absolute Gasteiger partial charge is 0.300 e. The van der Waals surface area contributed by atoms with Gasteiger partial charge in [0, 0.05) is 12.8 Å². The molecule has 1 rings (SSSR count). The summed E-state index contributed by atoms with van der Waals surface area (Å²) >= 11 is 0.